The quantitative estimate of drug-likeness (QED) is 0.812. The second kappa shape index (κ2) is 7.79. The maximum Gasteiger partial charge on any atom is 0.327 e. The van der Waals surface area contributed by atoms with Crippen molar-refractivity contribution in [3.8, 4) is 0 Å². The lowest BCUT2D eigenvalue weighted by Crippen LogP contribution is -2.46. The zero-order valence-electron chi connectivity index (χ0n) is 14.2. The molecule has 24 heavy (non-hydrogen) atoms. The van der Waals surface area contributed by atoms with Crippen LogP contribution < -0.4 is 5.32 Å². The van der Waals surface area contributed by atoms with E-state index in [9.17, 15) is 9.59 Å². The molecule has 1 saturated carbocycles. The summed E-state index contributed by atoms with van der Waals surface area (Å²) in [5.41, 5.74) is 0.920. The lowest BCUT2D eigenvalue weighted by molar-refractivity contribution is -0.149. The van der Waals surface area contributed by atoms with Gasteiger partial charge in [-0.3, -0.25) is 9.69 Å². The Morgan fingerprint density at radius 2 is 2.00 bits per heavy atom. The molecule has 1 aliphatic carbocycles. The molecule has 3 rings (SSSR count). The molecule has 0 radical (unpaired) electrons. The molecule has 2 fully saturated rings. The maximum absolute atomic E-state index is 12.4. The summed E-state index contributed by atoms with van der Waals surface area (Å²) < 4.78 is 5.02. The molecule has 1 N–H and O–H groups in total. The van der Waals surface area contributed by atoms with Crippen molar-refractivity contribution in [1.29, 1.82) is 0 Å². The predicted octanol–water partition coefficient (Wildman–Crippen LogP) is 2.14. The first kappa shape index (κ1) is 17.0. The number of likely N-dealkylation sites (tertiary alicyclic amines) is 1. The van der Waals surface area contributed by atoms with Gasteiger partial charge in [-0.2, -0.15) is 0 Å². The Kier molecular flexibility index (Phi) is 5.51. The highest BCUT2D eigenvalue weighted by Gasteiger charge is 2.35. The van der Waals surface area contributed by atoms with Crippen LogP contribution in [0.15, 0.2) is 30.3 Å². The van der Waals surface area contributed by atoms with E-state index < -0.39 is 6.04 Å². The number of carbonyl (C=O) groups is 2. The molecule has 1 heterocycles. The summed E-state index contributed by atoms with van der Waals surface area (Å²) in [5.74, 6) is 0.498. The molecule has 0 spiro atoms. The van der Waals surface area contributed by atoms with Crippen LogP contribution in [0.25, 0.3) is 0 Å². The fourth-order valence-corrected chi connectivity index (χ4v) is 3.41. The van der Waals surface area contributed by atoms with Crippen molar-refractivity contribution >= 4 is 11.9 Å². The maximum atomic E-state index is 12.4. The van der Waals surface area contributed by atoms with Crippen molar-refractivity contribution in [2.45, 2.75) is 31.7 Å². The number of nitrogens with zero attached hydrogens (tertiary/aromatic N) is 1. The van der Waals surface area contributed by atoms with Crippen LogP contribution in [0.2, 0.25) is 0 Å². The van der Waals surface area contributed by atoms with Crippen molar-refractivity contribution < 1.29 is 14.3 Å². The molecule has 1 aromatic rings. The van der Waals surface area contributed by atoms with Crippen LogP contribution in [-0.4, -0.2) is 43.5 Å². The molecule has 1 aliphatic heterocycles. The molecule has 5 nitrogen and oxygen atoms in total. The van der Waals surface area contributed by atoms with Crippen LogP contribution in [-0.2, 0) is 14.3 Å². The Balaban J connectivity index is 1.68. The number of hydrogen-bond acceptors (Lipinski definition) is 4. The fraction of sp³-hybridized carbons (Fsp3) is 0.579. The highest BCUT2D eigenvalue weighted by atomic mass is 16.5. The average molecular weight is 330 g/mol. The van der Waals surface area contributed by atoms with Crippen molar-refractivity contribution in [3.05, 3.63) is 35.9 Å². The molecular formula is C19H26N2O3. The Hall–Kier alpha value is -1.88. The van der Waals surface area contributed by atoms with E-state index in [2.05, 4.69) is 10.2 Å². The van der Waals surface area contributed by atoms with E-state index in [-0.39, 0.29) is 17.8 Å². The molecule has 1 saturated heterocycles. The number of benzene rings is 1. The topological polar surface area (TPSA) is 58.6 Å². The summed E-state index contributed by atoms with van der Waals surface area (Å²) in [6, 6.07) is 9.23. The number of nitrogens with one attached hydrogen (secondary N) is 1. The molecule has 1 aromatic carbocycles. The van der Waals surface area contributed by atoms with Gasteiger partial charge in [-0.05, 0) is 43.7 Å². The van der Waals surface area contributed by atoms with Gasteiger partial charge < -0.3 is 10.1 Å². The molecule has 2 atom stereocenters. The zero-order valence-corrected chi connectivity index (χ0v) is 14.2. The minimum atomic E-state index is -0.435. The van der Waals surface area contributed by atoms with Gasteiger partial charge in [0, 0.05) is 13.1 Å². The first-order valence-corrected chi connectivity index (χ1v) is 8.83. The van der Waals surface area contributed by atoms with Gasteiger partial charge in [-0.25, -0.2) is 4.79 Å². The summed E-state index contributed by atoms with van der Waals surface area (Å²) in [7, 11) is 1.42. The van der Waals surface area contributed by atoms with Crippen LogP contribution in [0.3, 0.4) is 0 Å². The van der Waals surface area contributed by atoms with Crippen LogP contribution in [0.4, 0.5) is 0 Å². The van der Waals surface area contributed by atoms with E-state index >= 15 is 0 Å². The summed E-state index contributed by atoms with van der Waals surface area (Å²) >= 11 is 0. The Bertz CT molecular complexity index is 571. The van der Waals surface area contributed by atoms with Gasteiger partial charge >= 0.3 is 5.97 Å². The van der Waals surface area contributed by atoms with Gasteiger partial charge in [0.15, 0.2) is 0 Å². The second-order valence-electron chi connectivity index (χ2n) is 6.86. The van der Waals surface area contributed by atoms with Crippen LogP contribution in [0, 0.1) is 11.8 Å². The number of rotatable bonds is 6. The second-order valence-corrected chi connectivity index (χ2v) is 6.86. The molecule has 0 bridgehead atoms. The number of methoxy groups -OCH3 is 1. The third-order valence-corrected chi connectivity index (χ3v) is 4.99. The summed E-state index contributed by atoms with van der Waals surface area (Å²) in [6.45, 7) is 2.21. The van der Waals surface area contributed by atoms with Crippen molar-refractivity contribution in [2.24, 2.45) is 11.8 Å². The number of ether oxygens (including phenoxy) is 1. The number of hydrogen-bond donors (Lipinski definition) is 1. The lowest BCUT2D eigenvalue weighted by Gasteiger charge is -2.36. The van der Waals surface area contributed by atoms with E-state index in [4.69, 9.17) is 4.74 Å². The van der Waals surface area contributed by atoms with Gasteiger partial charge in [0.25, 0.3) is 0 Å². The minimum absolute atomic E-state index is 0.0478. The smallest absolute Gasteiger partial charge is 0.327 e. The van der Waals surface area contributed by atoms with Crippen LogP contribution in [0.1, 0.15) is 37.3 Å². The molecule has 5 heteroatoms. The molecule has 0 aromatic heterocycles. The first-order valence-electron chi connectivity index (χ1n) is 8.83. The third-order valence-electron chi connectivity index (χ3n) is 4.99. The first-order chi connectivity index (χ1) is 11.7. The third kappa shape index (κ3) is 4.15. The van der Waals surface area contributed by atoms with Crippen molar-refractivity contribution in [2.75, 3.05) is 26.7 Å². The van der Waals surface area contributed by atoms with E-state index in [0.717, 1.165) is 31.5 Å². The zero-order chi connectivity index (χ0) is 16.9. The number of amides is 1. The van der Waals surface area contributed by atoms with Crippen LogP contribution in [0.5, 0.6) is 0 Å². The van der Waals surface area contributed by atoms with Gasteiger partial charge in [0.05, 0.1) is 13.0 Å². The number of carbonyl (C=O) groups excluding carboxylic acids is 2. The van der Waals surface area contributed by atoms with Gasteiger partial charge in [-0.15, -0.1) is 0 Å². The Morgan fingerprint density at radius 1 is 1.25 bits per heavy atom. The Morgan fingerprint density at radius 3 is 2.67 bits per heavy atom. The highest BCUT2D eigenvalue weighted by Crippen LogP contribution is 2.29. The molecule has 0 unspecified atom stereocenters. The van der Waals surface area contributed by atoms with Crippen molar-refractivity contribution in [1.82, 2.24) is 10.2 Å². The van der Waals surface area contributed by atoms with Crippen LogP contribution >= 0.6 is 0 Å². The van der Waals surface area contributed by atoms with E-state index in [1.165, 1.54) is 20.0 Å². The number of esters is 1. The van der Waals surface area contributed by atoms with Gasteiger partial charge in [0.2, 0.25) is 5.91 Å². The van der Waals surface area contributed by atoms with E-state index in [1.54, 1.807) is 0 Å². The average Bonchev–Trinajstić information content (AvgIpc) is 3.45. The largest absolute Gasteiger partial charge is 0.468 e. The molecular weight excluding hydrogens is 304 g/mol. The van der Waals surface area contributed by atoms with Crippen molar-refractivity contribution in [3.63, 3.8) is 0 Å². The minimum Gasteiger partial charge on any atom is -0.468 e. The molecule has 130 valence electrons. The molecule has 2 aliphatic rings. The van der Waals surface area contributed by atoms with E-state index in [1.807, 2.05) is 30.3 Å². The summed E-state index contributed by atoms with van der Waals surface area (Å²) in [5, 5.41) is 3.07. The standard InChI is InChI=1S/C19H26N2O3/c1-24-19(23)17(15-6-3-2-4-7-15)21-11-5-8-16(13-21)18(22)20-12-14-9-10-14/h2-4,6-7,14,16-17H,5,8-13H2,1H3,(H,20,22)/t16-,17+/m0/s1. The Labute approximate surface area is 143 Å². The normalized spacial score (nSPS) is 22.6. The van der Waals surface area contributed by atoms with E-state index in [0.29, 0.717) is 12.5 Å². The SMILES string of the molecule is COC(=O)[C@@H](c1ccccc1)N1CCC[C@H](C(=O)NCC2CC2)C1. The predicted molar refractivity (Wildman–Crippen MR) is 91.2 cm³/mol. The van der Waals surface area contributed by atoms with Gasteiger partial charge in [-0.1, -0.05) is 30.3 Å². The molecule has 1 amide bonds. The summed E-state index contributed by atoms with van der Waals surface area (Å²) in [4.78, 5) is 26.9. The lowest BCUT2D eigenvalue weighted by atomic mass is 9.94. The van der Waals surface area contributed by atoms with Gasteiger partial charge in [0.1, 0.15) is 6.04 Å². The summed E-state index contributed by atoms with van der Waals surface area (Å²) in [6.07, 6.45) is 4.27. The monoisotopic (exact) mass is 330 g/mol. The fourth-order valence-electron chi connectivity index (χ4n) is 3.41. The number of piperidine rings is 1. The highest BCUT2D eigenvalue weighted by molar-refractivity contribution is 5.80.